The van der Waals surface area contributed by atoms with Gasteiger partial charge in [0.2, 0.25) is 10.7 Å². The van der Waals surface area contributed by atoms with Crippen LogP contribution in [0.15, 0.2) is 5.38 Å². The third kappa shape index (κ3) is 2.01. The molecule has 15 heavy (non-hydrogen) atoms. The largest absolute Gasteiger partial charge is 0.369 e. The molecule has 4 nitrogen and oxygen atoms in total. The third-order valence-corrected chi connectivity index (χ3v) is 3.67. The molecule has 0 amide bonds. The van der Waals surface area contributed by atoms with Crippen LogP contribution in [0.4, 0.5) is 5.95 Å². The van der Waals surface area contributed by atoms with Gasteiger partial charge in [0.05, 0.1) is 9.90 Å². The Balaban J connectivity index is 2.64. The van der Waals surface area contributed by atoms with Gasteiger partial charge in [0.15, 0.2) is 5.82 Å². The minimum Gasteiger partial charge on any atom is -0.369 e. The van der Waals surface area contributed by atoms with Crippen LogP contribution in [0.1, 0.15) is 5.56 Å². The Bertz CT molecular complexity index is 560. The van der Waals surface area contributed by atoms with Crippen LogP contribution in [0, 0.1) is 11.7 Å². The summed E-state index contributed by atoms with van der Waals surface area (Å²) in [7, 11) is 0. The van der Waals surface area contributed by atoms with E-state index in [1.54, 1.807) is 0 Å². The monoisotopic (exact) mass is 258 g/mol. The maximum atomic E-state index is 6.10. The maximum Gasteiger partial charge on any atom is 0.224 e. The number of rotatable bonds is 1. The first-order valence-electron chi connectivity index (χ1n) is 4.05. The summed E-state index contributed by atoms with van der Waals surface area (Å²) in [6, 6.07) is 0. The molecule has 0 spiro atoms. The third-order valence-electron chi connectivity index (χ3n) is 1.78. The van der Waals surface area contributed by atoms with Crippen LogP contribution < -0.4 is 5.73 Å². The van der Waals surface area contributed by atoms with Crippen molar-refractivity contribution in [3.05, 3.63) is 20.7 Å². The molecular formula is C8H7ClN4S2. The van der Waals surface area contributed by atoms with E-state index in [4.69, 9.17) is 29.6 Å². The van der Waals surface area contributed by atoms with Gasteiger partial charge >= 0.3 is 0 Å². The Kier molecular flexibility index (Phi) is 2.72. The Morgan fingerprint density at radius 2 is 2.27 bits per heavy atom. The van der Waals surface area contributed by atoms with E-state index in [0.717, 1.165) is 10.4 Å². The van der Waals surface area contributed by atoms with Crippen LogP contribution in [0.2, 0.25) is 5.02 Å². The van der Waals surface area contributed by atoms with Crippen LogP contribution in [-0.4, -0.2) is 15.0 Å². The van der Waals surface area contributed by atoms with Gasteiger partial charge in [0, 0.05) is 0 Å². The number of aromatic amines is 1. The summed E-state index contributed by atoms with van der Waals surface area (Å²) in [5.41, 5.74) is 6.55. The molecule has 0 fully saturated rings. The molecule has 78 valence electrons. The molecule has 2 rings (SSSR count). The molecule has 0 aliphatic heterocycles. The summed E-state index contributed by atoms with van der Waals surface area (Å²) in [6.45, 7) is 1.93. The van der Waals surface area contributed by atoms with E-state index in [2.05, 4.69) is 15.0 Å². The second-order valence-electron chi connectivity index (χ2n) is 2.93. The molecule has 2 aromatic heterocycles. The minimum absolute atomic E-state index is 0.211. The lowest BCUT2D eigenvalue weighted by Crippen LogP contribution is -1.99. The Hall–Kier alpha value is -0.980. The number of nitrogen functional groups attached to an aromatic ring is 1. The topological polar surface area (TPSA) is 67.6 Å². The first-order valence-corrected chi connectivity index (χ1v) is 5.72. The molecule has 0 bridgehead atoms. The zero-order chi connectivity index (χ0) is 11.0. The van der Waals surface area contributed by atoms with Gasteiger partial charge in [-0.05, 0) is 30.1 Å². The number of halogens is 1. The van der Waals surface area contributed by atoms with E-state index in [9.17, 15) is 0 Å². The van der Waals surface area contributed by atoms with E-state index >= 15 is 0 Å². The van der Waals surface area contributed by atoms with Crippen molar-refractivity contribution in [2.45, 2.75) is 6.92 Å². The summed E-state index contributed by atoms with van der Waals surface area (Å²) < 4.78 is 0.211. The Labute approximate surface area is 100 Å². The highest BCUT2D eigenvalue weighted by Crippen LogP contribution is 2.34. The van der Waals surface area contributed by atoms with Crippen LogP contribution >= 0.6 is 35.2 Å². The van der Waals surface area contributed by atoms with Crippen LogP contribution in [-0.2, 0) is 0 Å². The maximum absolute atomic E-state index is 6.10. The first-order chi connectivity index (χ1) is 7.08. The Morgan fingerprint density at radius 3 is 2.80 bits per heavy atom. The summed E-state index contributed by atoms with van der Waals surface area (Å²) in [5.74, 6) is 0.808. The minimum atomic E-state index is 0.211. The SMILES string of the molecule is Cc1csc(-c2nc(=S)nc(N)[nH]2)c1Cl. The molecule has 2 heterocycles. The van der Waals surface area contributed by atoms with Crippen LogP contribution in [0.25, 0.3) is 10.7 Å². The molecule has 3 N–H and O–H groups in total. The fraction of sp³-hybridized carbons (Fsp3) is 0.125. The fourth-order valence-corrected chi connectivity index (χ4v) is 2.52. The number of nitrogens with one attached hydrogen (secondary N) is 1. The van der Waals surface area contributed by atoms with Crippen molar-refractivity contribution in [1.29, 1.82) is 0 Å². The average Bonchev–Trinajstić information content (AvgIpc) is 2.46. The average molecular weight is 259 g/mol. The van der Waals surface area contributed by atoms with Gasteiger partial charge in [0.25, 0.3) is 0 Å². The van der Waals surface area contributed by atoms with Gasteiger partial charge < -0.3 is 10.7 Å². The standard InChI is InChI=1S/C8H7ClN4S2/c1-3-2-15-5(4(3)9)6-11-7(10)13-8(14)12-6/h2H,1H3,(H3,10,11,12,13,14). The van der Waals surface area contributed by atoms with Crippen molar-refractivity contribution in [3.8, 4) is 10.7 Å². The highest BCUT2D eigenvalue weighted by Gasteiger charge is 2.11. The first kappa shape index (κ1) is 10.5. The molecule has 0 unspecified atom stereocenters. The highest BCUT2D eigenvalue weighted by atomic mass is 35.5. The number of aromatic nitrogens is 3. The quantitative estimate of drug-likeness (QED) is 0.772. The van der Waals surface area contributed by atoms with Gasteiger partial charge in [-0.2, -0.15) is 9.97 Å². The van der Waals surface area contributed by atoms with Crippen molar-refractivity contribution in [2.75, 3.05) is 5.73 Å². The number of thiophene rings is 1. The zero-order valence-corrected chi connectivity index (χ0v) is 10.1. The fourth-order valence-electron chi connectivity index (χ4n) is 1.10. The van der Waals surface area contributed by atoms with E-state index in [1.807, 2.05) is 12.3 Å². The molecular weight excluding hydrogens is 252 g/mol. The van der Waals surface area contributed by atoms with E-state index in [-0.39, 0.29) is 10.7 Å². The number of H-pyrrole nitrogens is 1. The highest BCUT2D eigenvalue weighted by molar-refractivity contribution is 7.71. The molecule has 0 saturated carbocycles. The number of hydrogen-bond donors (Lipinski definition) is 2. The van der Waals surface area contributed by atoms with Crippen LogP contribution in [0.5, 0.6) is 0 Å². The molecule has 0 saturated heterocycles. The van der Waals surface area contributed by atoms with Crippen molar-refractivity contribution >= 4 is 41.1 Å². The summed E-state index contributed by atoms with van der Waals surface area (Å²) in [5, 5.41) is 2.62. The molecule has 7 heteroatoms. The van der Waals surface area contributed by atoms with Crippen molar-refractivity contribution in [2.24, 2.45) is 0 Å². The summed E-state index contributed by atoms with van der Waals surface area (Å²) in [6.07, 6.45) is 0. The van der Waals surface area contributed by atoms with Gasteiger partial charge in [-0.3, -0.25) is 0 Å². The second kappa shape index (κ2) is 3.88. The number of anilines is 1. The predicted octanol–water partition coefficient (Wildman–Crippen LogP) is 2.81. The molecule has 0 aliphatic rings. The lowest BCUT2D eigenvalue weighted by molar-refractivity contribution is 1.05. The van der Waals surface area contributed by atoms with Crippen molar-refractivity contribution in [3.63, 3.8) is 0 Å². The normalized spacial score (nSPS) is 10.5. The van der Waals surface area contributed by atoms with Gasteiger partial charge in [-0.25, -0.2) is 0 Å². The van der Waals surface area contributed by atoms with E-state index < -0.39 is 0 Å². The van der Waals surface area contributed by atoms with E-state index in [1.165, 1.54) is 11.3 Å². The number of nitrogens with two attached hydrogens (primary N) is 1. The van der Waals surface area contributed by atoms with Crippen LogP contribution in [0.3, 0.4) is 0 Å². The second-order valence-corrected chi connectivity index (χ2v) is 4.55. The lowest BCUT2D eigenvalue weighted by atomic mass is 10.3. The number of hydrogen-bond acceptors (Lipinski definition) is 5. The zero-order valence-electron chi connectivity index (χ0n) is 7.74. The summed E-state index contributed by atoms with van der Waals surface area (Å²) in [4.78, 5) is 11.5. The smallest absolute Gasteiger partial charge is 0.224 e. The number of aryl methyl sites for hydroxylation is 1. The Morgan fingerprint density at radius 1 is 1.53 bits per heavy atom. The summed E-state index contributed by atoms with van der Waals surface area (Å²) >= 11 is 12.5. The predicted molar refractivity (Wildman–Crippen MR) is 64.7 cm³/mol. The molecule has 0 aliphatic carbocycles. The van der Waals surface area contributed by atoms with Gasteiger partial charge in [0.1, 0.15) is 0 Å². The van der Waals surface area contributed by atoms with E-state index in [0.29, 0.717) is 10.8 Å². The van der Waals surface area contributed by atoms with Crippen molar-refractivity contribution < 1.29 is 0 Å². The molecule has 0 aromatic carbocycles. The molecule has 0 atom stereocenters. The van der Waals surface area contributed by atoms with Crippen molar-refractivity contribution in [1.82, 2.24) is 15.0 Å². The number of nitrogens with zero attached hydrogens (tertiary/aromatic N) is 2. The van der Waals surface area contributed by atoms with Gasteiger partial charge in [-0.15, -0.1) is 11.3 Å². The molecule has 0 radical (unpaired) electrons. The van der Waals surface area contributed by atoms with Gasteiger partial charge in [-0.1, -0.05) is 11.6 Å². The lowest BCUT2D eigenvalue weighted by Gasteiger charge is -1.99. The molecule has 2 aromatic rings.